The molecular formula is C10H16ClN3. The van der Waals surface area contributed by atoms with Crippen molar-refractivity contribution in [3.8, 4) is 0 Å². The molecule has 0 radical (unpaired) electrons. The summed E-state index contributed by atoms with van der Waals surface area (Å²) in [7, 11) is 0. The van der Waals surface area contributed by atoms with Crippen molar-refractivity contribution in [1.82, 2.24) is 9.55 Å². The summed E-state index contributed by atoms with van der Waals surface area (Å²) in [5.74, 6) is 1.04. The highest BCUT2D eigenvalue weighted by molar-refractivity contribution is 6.29. The predicted molar refractivity (Wildman–Crippen MR) is 59.0 cm³/mol. The van der Waals surface area contributed by atoms with Gasteiger partial charge in [-0.2, -0.15) is 0 Å². The van der Waals surface area contributed by atoms with Crippen molar-refractivity contribution in [3.63, 3.8) is 0 Å². The zero-order chi connectivity index (χ0) is 9.97. The van der Waals surface area contributed by atoms with Crippen molar-refractivity contribution in [2.24, 2.45) is 0 Å². The Morgan fingerprint density at radius 2 is 2.07 bits per heavy atom. The molecular weight excluding hydrogens is 198 g/mol. The number of halogens is 1. The molecule has 78 valence electrons. The number of rotatable bonds is 2. The average molecular weight is 214 g/mol. The lowest BCUT2D eigenvalue weighted by Crippen LogP contribution is -2.31. The number of hydrogen-bond donors (Lipinski definition) is 0. The summed E-state index contributed by atoms with van der Waals surface area (Å²) in [6.07, 6.45) is 5.63. The standard InChI is InChI=1S/C10H16ClN3/c1-2-14-9(11)8-12-10(14)13-6-4-3-5-7-13/h8H,2-7H2,1H3. The van der Waals surface area contributed by atoms with Crippen LogP contribution in [0.3, 0.4) is 0 Å². The SMILES string of the molecule is CCn1c(Cl)cnc1N1CCCCC1. The van der Waals surface area contributed by atoms with Gasteiger partial charge in [-0.05, 0) is 26.2 Å². The summed E-state index contributed by atoms with van der Waals surface area (Å²) >= 11 is 6.04. The summed E-state index contributed by atoms with van der Waals surface area (Å²) in [5.41, 5.74) is 0. The fourth-order valence-corrected chi connectivity index (χ4v) is 2.23. The summed E-state index contributed by atoms with van der Waals surface area (Å²) in [4.78, 5) is 6.70. The Kier molecular flexibility index (Phi) is 2.96. The predicted octanol–water partition coefficient (Wildman–Crippen LogP) is 2.55. The van der Waals surface area contributed by atoms with E-state index in [4.69, 9.17) is 11.6 Å². The minimum absolute atomic E-state index is 0.744. The van der Waals surface area contributed by atoms with Crippen molar-refractivity contribution in [2.75, 3.05) is 18.0 Å². The molecule has 1 aromatic rings. The van der Waals surface area contributed by atoms with Crippen LogP contribution in [0.15, 0.2) is 6.20 Å². The lowest BCUT2D eigenvalue weighted by molar-refractivity contribution is 0.557. The highest BCUT2D eigenvalue weighted by atomic mass is 35.5. The van der Waals surface area contributed by atoms with E-state index in [2.05, 4.69) is 21.4 Å². The highest BCUT2D eigenvalue weighted by Gasteiger charge is 2.16. The molecule has 0 N–H and O–H groups in total. The van der Waals surface area contributed by atoms with Gasteiger partial charge in [-0.3, -0.25) is 0 Å². The van der Waals surface area contributed by atoms with Crippen LogP contribution < -0.4 is 4.90 Å². The Morgan fingerprint density at radius 3 is 2.71 bits per heavy atom. The number of piperidine rings is 1. The van der Waals surface area contributed by atoms with E-state index in [0.717, 1.165) is 30.7 Å². The normalized spacial score (nSPS) is 17.4. The van der Waals surface area contributed by atoms with E-state index in [1.54, 1.807) is 6.20 Å². The van der Waals surface area contributed by atoms with Crippen LogP contribution in [-0.2, 0) is 6.54 Å². The Morgan fingerprint density at radius 1 is 1.36 bits per heavy atom. The second kappa shape index (κ2) is 4.22. The first-order valence-corrected chi connectivity index (χ1v) is 5.66. The van der Waals surface area contributed by atoms with Gasteiger partial charge in [0, 0.05) is 19.6 Å². The third-order valence-electron chi connectivity index (χ3n) is 2.74. The topological polar surface area (TPSA) is 21.1 Å². The van der Waals surface area contributed by atoms with E-state index in [9.17, 15) is 0 Å². The Labute approximate surface area is 89.7 Å². The molecule has 0 atom stereocenters. The maximum Gasteiger partial charge on any atom is 0.206 e. The first kappa shape index (κ1) is 9.84. The summed E-state index contributed by atoms with van der Waals surface area (Å²) in [6, 6.07) is 0. The third-order valence-corrected chi connectivity index (χ3v) is 3.04. The van der Waals surface area contributed by atoms with Crippen molar-refractivity contribution < 1.29 is 0 Å². The van der Waals surface area contributed by atoms with Crippen LogP contribution in [0.2, 0.25) is 5.15 Å². The summed E-state index contributed by atoms with van der Waals surface area (Å²) < 4.78 is 2.06. The molecule has 0 amide bonds. The van der Waals surface area contributed by atoms with Gasteiger partial charge in [0.25, 0.3) is 0 Å². The molecule has 2 heterocycles. The smallest absolute Gasteiger partial charge is 0.206 e. The van der Waals surface area contributed by atoms with E-state index in [-0.39, 0.29) is 0 Å². The summed E-state index contributed by atoms with van der Waals surface area (Å²) in [6.45, 7) is 5.23. The van der Waals surface area contributed by atoms with Crippen molar-refractivity contribution in [1.29, 1.82) is 0 Å². The number of hydrogen-bond acceptors (Lipinski definition) is 2. The fraction of sp³-hybridized carbons (Fsp3) is 0.700. The Bertz CT molecular complexity index is 302. The van der Waals surface area contributed by atoms with Gasteiger partial charge in [-0.1, -0.05) is 11.6 Å². The zero-order valence-corrected chi connectivity index (χ0v) is 9.30. The monoisotopic (exact) mass is 213 g/mol. The quantitative estimate of drug-likeness (QED) is 0.753. The molecule has 0 aromatic carbocycles. The molecule has 4 heteroatoms. The van der Waals surface area contributed by atoms with Gasteiger partial charge in [0.15, 0.2) is 0 Å². The van der Waals surface area contributed by atoms with Crippen molar-refractivity contribution in [2.45, 2.75) is 32.7 Å². The average Bonchev–Trinajstić information content (AvgIpc) is 2.61. The van der Waals surface area contributed by atoms with Gasteiger partial charge in [-0.15, -0.1) is 0 Å². The third kappa shape index (κ3) is 1.73. The van der Waals surface area contributed by atoms with Crippen molar-refractivity contribution >= 4 is 17.5 Å². The molecule has 14 heavy (non-hydrogen) atoms. The number of nitrogens with zero attached hydrogens (tertiary/aromatic N) is 3. The molecule has 3 nitrogen and oxygen atoms in total. The summed E-state index contributed by atoms with van der Waals surface area (Å²) in [5, 5.41) is 0.744. The van der Waals surface area contributed by atoms with Crippen LogP contribution in [0.5, 0.6) is 0 Å². The molecule has 1 fully saturated rings. The van der Waals surface area contributed by atoms with Gasteiger partial charge in [0.2, 0.25) is 5.95 Å². The largest absolute Gasteiger partial charge is 0.342 e. The number of anilines is 1. The van der Waals surface area contributed by atoms with E-state index in [1.165, 1.54) is 19.3 Å². The Balaban J connectivity index is 2.21. The maximum absolute atomic E-state index is 6.04. The molecule has 1 aromatic heterocycles. The fourth-order valence-electron chi connectivity index (χ4n) is 1.98. The molecule has 0 unspecified atom stereocenters. The van der Waals surface area contributed by atoms with E-state index >= 15 is 0 Å². The molecule has 1 aliphatic heterocycles. The zero-order valence-electron chi connectivity index (χ0n) is 8.54. The molecule has 1 saturated heterocycles. The molecule has 1 aliphatic rings. The Hall–Kier alpha value is -0.700. The highest BCUT2D eigenvalue weighted by Crippen LogP contribution is 2.22. The molecule has 0 aliphatic carbocycles. The molecule has 2 rings (SSSR count). The minimum atomic E-state index is 0.744. The van der Waals surface area contributed by atoms with E-state index in [1.807, 2.05) is 0 Å². The van der Waals surface area contributed by atoms with Gasteiger partial charge >= 0.3 is 0 Å². The van der Waals surface area contributed by atoms with Crippen LogP contribution in [0.1, 0.15) is 26.2 Å². The van der Waals surface area contributed by atoms with Crippen LogP contribution in [-0.4, -0.2) is 22.6 Å². The maximum atomic E-state index is 6.04. The second-order valence-corrected chi connectivity index (χ2v) is 4.06. The van der Waals surface area contributed by atoms with Crippen molar-refractivity contribution in [3.05, 3.63) is 11.3 Å². The molecule has 0 bridgehead atoms. The van der Waals surface area contributed by atoms with Crippen LogP contribution in [0.4, 0.5) is 5.95 Å². The lowest BCUT2D eigenvalue weighted by Gasteiger charge is -2.28. The van der Waals surface area contributed by atoms with E-state index in [0.29, 0.717) is 0 Å². The first-order valence-electron chi connectivity index (χ1n) is 5.29. The van der Waals surface area contributed by atoms with Gasteiger partial charge in [0.1, 0.15) is 5.15 Å². The van der Waals surface area contributed by atoms with Gasteiger partial charge in [0.05, 0.1) is 6.20 Å². The second-order valence-electron chi connectivity index (χ2n) is 3.67. The minimum Gasteiger partial charge on any atom is -0.342 e. The molecule has 0 saturated carbocycles. The van der Waals surface area contributed by atoms with Crippen LogP contribution >= 0.6 is 11.6 Å². The number of aromatic nitrogens is 2. The van der Waals surface area contributed by atoms with Crippen LogP contribution in [0, 0.1) is 0 Å². The van der Waals surface area contributed by atoms with Gasteiger partial charge in [-0.25, -0.2) is 4.98 Å². The molecule has 0 spiro atoms. The van der Waals surface area contributed by atoms with Gasteiger partial charge < -0.3 is 9.47 Å². The van der Waals surface area contributed by atoms with Crippen LogP contribution in [0.25, 0.3) is 0 Å². The van der Waals surface area contributed by atoms with E-state index < -0.39 is 0 Å². The number of imidazole rings is 1. The first-order chi connectivity index (χ1) is 6.83. The lowest BCUT2D eigenvalue weighted by atomic mass is 10.1.